The summed E-state index contributed by atoms with van der Waals surface area (Å²) >= 11 is 0. The Morgan fingerprint density at radius 1 is 1.04 bits per heavy atom. The molecule has 152 valence electrons. The number of esters is 1. The van der Waals surface area contributed by atoms with E-state index in [4.69, 9.17) is 4.74 Å². The minimum Gasteiger partial charge on any atom is -0.456 e. The monoisotopic (exact) mass is 386 g/mol. The van der Waals surface area contributed by atoms with Crippen molar-refractivity contribution in [2.24, 2.45) is 34.5 Å². The molecule has 2 unspecified atom stereocenters. The summed E-state index contributed by atoms with van der Waals surface area (Å²) in [5, 5.41) is 0. The Morgan fingerprint density at radius 3 is 2.48 bits per heavy atom. The number of hydrogen-bond donors (Lipinski definition) is 0. The second kappa shape index (κ2) is 6.21. The van der Waals surface area contributed by atoms with Gasteiger partial charge in [-0.05, 0) is 80.5 Å². The maximum Gasteiger partial charge on any atom is 0.490 e. The molecule has 4 rings (SSSR count). The molecule has 4 fully saturated rings. The van der Waals surface area contributed by atoms with Crippen molar-refractivity contribution in [2.45, 2.75) is 83.9 Å². The van der Waals surface area contributed by atoms with Crippen molar-refractivity contribution in [3.05, 3.63) is 0 Å². The highest BCUT2D eigenvalue weighted by atomic mass is 19.4. The summed E-state index contributed by atoms with van der Waals surface area (Å²) in [5.74, 6) is 0.260. The molecular weight excluding hydrogens is 357 g/mol. The van der Waals surface area contributed by atoms with Crippen LogP contribution in [0.2, 0.25) is 0 Å². The molecule has 0 bridgehead atoms. The molecule has 7 atom stereocenters. The lowest BCUT2D eigenvalue weighted by Crippen LogP contribution is -2.54. The van der Waals surface area contributed by atoms with Crippen LogP contribution in [0.25, 0.3) is 0 Å². The number of carbonyl (C=O) groups excluding carboxylic acids is 2. The molecule has 4 aliphatic carbocycles. The Morgan fingerprint density at radius 2 is 1.78 bits per heavy atom. The van der Waals surface area contributed by atoms with E-state index in [1.165, 1.54) is 0 Å². The van der Waals surface area contributed by atoms with Crippen LogP contribution in [0.1, 0.15) is 71.6 Å². The molecule has 0 aromatic rings. The maximum atomic E-state index is 12.5. The van der Waals surface area contributed by atoms with E-state index in [-0.39, 0.29) is 10.8 Å². The molecule has 0 aromatic carbocycles. The van der Waals surface area contributed by atoms with Gasteiger partial charge in [0.1, 0.15) is 11.9 Å². The van der Waals surface area contributed by atoms with E-state index in [2.05, 4.69) is 13.8 Å². The smallest absolute Gasteiger partial charge is 0.456 e. The Balaban J connectivity index is 1.48. The molecule has 4 aliphatic rings. The first-order valence-electron chi connectivity index (χ1n) is 10.4. The van der Waals surface area contributed by atoms with Crippen LogP contribution >= 0.6 is 0 Å². The molecule has 0 aromatic heterocycles. The number of alkyl halides is 3. The van der Waals surface area contributed by atoms with E-state index in [1.54, 1.807) is 0 Å². The predicted molar refractivity (Wildman–Crippen MR) is 92.7 cm³/mol. The van der Waals surface area contributed by atoms with Crippen molar-refractivity contribution in [3.8, 4) is 0 Å². The van der Waals surface area contributed by atoms with Crippen molar-refractivity contribution in [3.63, 3.8) is 0 Å². The van der Waals surface area contributed by atoms with Crippen molar-refractivity contribution in [1.29, 1.82) is 0 Å². The lowest BCUT2D eigenvalue weighted by molar-refractivity contribution is -0.210. The van der Waals surface area contributed by atoms with E-state index in [9.17, 15) is 22.8 Å². The van der Waals surface area contributed by atoms with Crippen molar-refractivity contribution in [2.75, 3.05) is 0 Å². The first-order chi connectivity index (χ1) is 12.6. The molecule has 0 amide bonds. The third-order valence-corrected chi connectivity index (χ3v) is 8.83. The van der Waals surface area contributed by atoms with Crippen LogP contribution in [0.3, 0.4) is 0 Å². The first kappa shape index (κ1) is 19.3. The van der Waals surface area contributed by atoms with Gasteiger partial charge in [-0.3, -0.25) is 4.79 Å². The fraction of sp³-hybridized carbons (Fsp3) is 0.905. The van der Waals surface area contributed by atoms with Gasteiger partial charge in [-0.15, -0.1) is 0 Å². The predicted octanol–water partition coefficient (Wildman–Crippen LogP) is 5.07. The lowest BCUT2D eigenvalue weighted by Gasteiger charge is -2.60. The van der Waals surface area contributed by atoms with Crippen molar-refractivity contribution >= 4 is 11.8 Å². The van der Waals surface area contributed by atoms with Gasteiger partial charge in [-0.2, -0.15) is 13.2 Å². The molecule has 0 saturated heterocycles. The molecular formula is C21H29F3O3. The zero-order chi connectivity index (χ0) is 19.6. The van der Waals surface area contributed by atoms with Crippen molar-refractivity contribution in [1.82, 2.24) is 0 Å². The van der Waals surface area contributed by atoms with Gasteiger partial charge in [-0.25, -0.2) is 4.79 Å². The maximum absolute atomic E-state index is 12.5. The summed E-state index contributed by atoms with van der Waals surface area (Å²) in [6, 6.07) is 0. The van der Waals surface area contributed by atoms with E-state index < -0.39 is 18.2 Å². The zero-order valence-corrected chi connectivity index (χ0v) is 16.1. The minimum absolute atomic E-state index is 0.0943. The third kappa shape index (κ3) is 2.93. The summed E-state index contributed by atoms with van der Waals surface area (Å²) in [6.07, 6.45) is 2.07. The highest BCUT2D eigenvalue weighted by molar-refractivity contribution is 5.87. The Kier molecular flexibility index (Phi) is 4.43. The summed E-state index contributed by atoms with van der Waals surface area (Å²) in [5.41, 5.74) is -0.0547. The second-order valence-corrected chi connectivity index (χ2v) is 9.87. The van der Waals surface area contributed by atoms with E-state index in [0.29, 0.717) is 48.7 Å². The highest BCUT2D eigenvalue weighted by Gasteiger charge is 2.60. The summed E-state index contributed by atoms with van der Waals surface area (Å²) in [4.78, 5) is 23.7. The van der Waals surface area contributed by atoms with Gasteiger partial charge in [-0.1, -0.05) is 13.8 Å². The van der Waals surface area contributed by atoms with Gasteiger partial charge < -0.3 is 4.74 Å². The zero-order valence-electron chi connectivity index (χ0n) is 16.1. The number of hydrogen-bond acceptors (Lipinski definition) is 3. The highest BCUT2D eigenvalue weighted by Crippen LogP contribution is 2.65. The molecule has 0 heterocycles. The summed E-state index contributed by atoms with van der Waals surface area (Å²) < 4.78 is 42.3. The lowest BCUT2D eigenvalue weighted by atomic mass is 9.45. The average molecular weight is 386 g/mol. The van der Waals surface area contributed by atoms with Gasteiger partial charge in [0.2, 0.25) is 0 Å². The number of carbonyl (C=O) groups is 2. The Bertz CT molecular complexity index is 645. The molecule has 0 radical (unpaired) electrons. The average Bonchev–Trinajstić information content (AvgIpc) is 2.89. The molecule has 0 aliphatic heterocycles. The fourth-order valence-electron chi connectivity index (χ4n) is 7.31. The van der Waals surface area contributed by atoms with Gasteiger partial charge >= 0.3 is 12.1 Å². The largest absolute Gasteiger partial charge is 0.490 e. The standard InChI is InChI=1S/C21H29F3O3/c1-19-9-7-13(27-18(26)21(22,23)24)11-12(19)3-4-14-15-5-6-17(25)20(15,2)10-8-16(14)19/h12-16H,3-11H2,1-2H3/t12?,13?,14-,15-,16+,19-,20-/m0/s1. The van der Waals surface area contributed by atoms with Gasteiger partial charge in [0.05, 0.1) is 0 Å². The van der Waals surface area contributed by atoms with Crippen LogP contribution in [0, 0.1) is 34.5 Å². The molecule has 4 saturated carbocycles. The number of rotatable bonds is 1. The third-order valence-electron chi connectivity index (χ3n) is 8.83. The number of halogens is 3. The second-order valence-electron chi connectivity index (χ2n) is 9.87. The van der Waals surface area contributed by atoms with Gasteiger partial charge in [0, 0.05) is 11.8 Å². The summed E-state index contributed by atoms with van der Waals surface area (Å²) in [6.45, 7) is 4.46. The molecule has 0 N–H and O–H groups in total. The minimum atomic E-state index is -4.92. The molecule has 6 heteroatoms. The fourth-order valence-corrected chi connectivity index (χ4v) is 7.31. The number of ether oxygens (including phenoxy) is 1. The molecule has 3 nitrogen and oxygen atoms in total. The van der Waals surface area contributed by atoms with Gasteiger partial charge in [0.15, 0.2) is 0 Å². The normalized spacial score (nSPS) is 47.0. The van der Waals surface area contributed by atoms with Crippen LogP contribution in [0.15, 0.2) is 0 Å². The van der Waals surface area contributed by atoms with Crippen LogP contribution < -0.4 is 0 Å². The van der Waals surface area contributed by atoms with Crippen LogP contribution in [0.4, 0.5) is 13.2 Å². The number of fused-ring (bicyclic) bond motifs is 5. The number of ketones is 1. The van der Waals surface area contributed by atoms with Crippen LogP contribution in [0.5, 0.6) is 0 Å². The number of Topliss-reactive ketones (excluding diaryl/α,β-unsaturated/α-hetero) is 1. The topological polar surface area (TPSA) is 43.4 Å². The molecule has 0 spiro atoms. The molecule has 27 heavy (non-hydrogen) atoms. The first-order valence-corrected chi connectivity index (χ1v) is 10.4. The Labute approximate surface area is 158 Å². The van der Waals surface area contributed by atoms with E-state index in [0.717, 1.165) is 38.5 Å². The Hall–Kier alpha value is -1.07. The quantitative estimate of drug-likeness (QED) is 0.591. The van der Waals surface area contributed by atoms with Crippen LogP contribution in [-0.2, 0) is 14.3 Å². The van der Waals surface area contributed by atoms with Gasteiger partial charge in [0.25, 0.3) is 0 Å². The van der Waals surface area contributed by atoms with Crippen LogP contribution in [-0.4, -0.2) is 24.0 Å². The SMILES string of the molecule is C[C@]12CCC(OC(=O)C(F)(F)F)CC1CC[C@@H]1[C@H]2CC[C@]2(C)C(=O)CC[C@@H]12. The summed E-state index contributed by atoms with van der Waals surface area (Å²) in [7, 11) is 0. The van der Waals surface area contributed by atoms with E-state index >= 15 is 0 Å². The van der Waals surface area contributed by atoms with Crippen molar-refractivity contribution < 1.29 is 27.5 Å². The van der Waals surface area contributed by atoms with E-state index in [1.807, 2.05) is 0 Å².